The highest BCUT2D eigenvalue weighted by Gasteiger charge is 2.25. The number of carbonyl (C=O) groups excluding carboxylic acids is 1. The number of aryl methyl sites for hydroxylation is 2. The molecule has 0 atom stereocenters. The Morgan fingerprint density at radius 1 is 1.16 bits per heavy atom. The van der Waals surface area contributed by atoms with E-state index < -0.39 is 10.0 Å². The van der Waals surface area contributed by atoms with Gasteiger partial charge in [0.2, 0.25) is 10.0 Å². The van der Waals surface area contributed by atoms with Crippen LogP contribution >= 0.6 is 0 Å². The number of hydrogen-bond acceptors (Lipinski definition) is 3. The number of sulfonamides is 1. The first-order valence-electron chi connectivity index (χ1n) is 8.29. The zero-order valence-corrected chi connectivity index (χ0v) is 15.9. The normalized spacial score (nSPS) is 11.7. The minimum absolute atomic E-state index is 0.138. The van der Waals surface area contributed by atoms with E-state index >= 15 is 0 Å². The Labute approximate surface area is 149 Å². The van der Waals surface area contributed by atoms with E-state index in [1.165, 1.54) is 16.6 Å². The van der Waals surface area contributed by atoms with Crippen molar-refractivity contribution < 1.29 is 13.2 Å². The van der Waals surface area contributed by atoms with Gasteiger partial charge in [-0.3, -0.25) is 4.79 Å². The standard InChI is InChI=1S/C18H25N3O3S/c1-5-21(6-2)25(23,24)16-11-17(20(4)13-16)18(22)19-12-15-9-7-14(3)8-10-15/h7-11,13H,5-6,12H2,1-4H3,(H,19,22). The summed E-state index contributed by atoms with van der Waals surface area (Å²) in [6.07, 6.45) is 1.48. The summed E-state index contributed by atoms with van der Waals surface area (Å²) in [5.41, 5.74) is 2.46. The molecule has 0 spiro atoms. The molecule has 7 heteroatoms. The van der Waals surface area contributed by atoms with Crippen LogP contribution in [0.1, 0.15) is 35.5 Å². The molecule has 1 amide bonds. The highest BCUT2D eigenvalue weighted by molar-refractivity contribution is 7.89. The Balaban J connectivity index is 2.16. The lowest BCUT2D eigenvalue weighted by Crippen LogP contribution is -2.30. The van der Waals surface area contributed by atoms with Gasteiger partial charge in [0.15, 0.2) is 0 Å². The molecule has 1 aromatic heterocycles. The predicted octanol–water partition coefficient (Wildman–Crippen LogP) is 2.29. The third-order valence-electron chi connectivity index (χ3n) is 4.13. The quantitative estimate of drug-likeness (QED) is 0.820. The van der Waals surface area contributed by atoms with Gasteiger partial charge in [-0.15, -0.1) is 0 Å². The van der Waals surface area contributed by atoms with Gasteiger partial charge in [0, 0.05) is 32.9 Å². The summed E-state index contributed by atoms with van der Waals surface area (Å²) < 4.78 is 28.1. The summed E-state index contributed by atoms with van der Waals surface area (Å²) in [5.74, 6) is -0.302. The summed E-state index contributed by atoms with van der Waals surface area (Å²) in [4.78, 5) is 12.6. The lowest BCUT2D eigenvalue weighted by molar-refractivity contribution is 0.0943. The van der Waals surface area contributed by atoms with Crippen LogP contribution in [0.2, 0.25) is 0 Å². The number of nitrogens with zero attached hydrogens (tertiary/aromatic N) is 2. The fraction of sp³-hybridized carbons (Fsp3) is 0.389. The van der Waals surface area contributed by atoms with Crippen LogP contribution in [0, 0.1) is 6.92 Å². The molecule has 0 aliphatic rings. The van der Waals surface area contributed by atoms with E-state index in [2.05, 4.69) is 5.32 Å². The Morgan fingerprint density at radius 3 is 2.32 bits per heavy atom. The predicted molar refractivity (Wildman–Crippen MR) is 97.9 cm³/mol. The Kier molecular flexibility index (Phi) is 6.02. The maximum Gasteiger partial charge on any atom is 0.268 e. The zero-order valence-electron chi connectivity index (χ0n) is 15.1. The van der Waals surface area contributed by atoms with Gasteiger partial charge in [0.25, 0.3) is 5.91 Å². The van der Waals surface area contributed by atoms with Crippen LogP contribution in [0.25, 0.3) is 0 Å². The maximum absolute atomic E-state index is 12.6. The Morgan fingerprint density at radius 2 is 1.76 bits per heavy atom. The molecule has 1 heterocycles. The number of aromatic nitrogens is 1. The summed E-state index contributed by atoms with van der Waals surface area (Å²) in [5, 5.41) is 2.83. The molecule has 0 aliphatic carbocycles. The number of nitrogens with one attached hydrogen (secondary N) is 1. The smallest absolute Gasteiger partial charge is 0.268 e. The van der Waals surface area contributed by atoms with E-state index in [4.69, 9.17) is 0 Å². The van der Waals surface area contributed by atoms with Crippen molar-refractivity contribution in [1.29, 1.82) is 0 Å². The molecule has 136 valence electrons. The molecular formula is C18H25N3O3S. The SMILES string of the molecule is CCN(CC)S(=O)(=O)c1cc(C(=O)NCc2ccc(C)cc2)n(C)c1. The second-order valence-corrected chi connectivity index (χ2v) is 7.87. The van der Waals surface area contributed by atoms with Gasteiger partial charge in [-0.05, 0) is 18.6 Å². The number of hydrogen-bond donors (Lipinski definition) is 1. The molecule has 0 saturated carbocycles. The van der Waals surface area contributed by atoms with Gasteiger partial charge in [-0.25, -0.2) is 8.42 Å². The molecule has 1 aromatic carbocycles. The van der Waals surface area contributed by atoms with Crippen molar-refractivity contribution in [3.63, 3.8) is 0 Å². The first-order valence-corrected chi connectivity index (χ1v) is 9.73. The summed E-state index contributed by atoms with van der Waals surface area (Å²) >= 11 is 0. The van der Waals surface area contributed by atoms with E-state index in [0.29, 0.717) is 25.3 Å². The molecule has 0 unspecified atom stereocenters. The zero-order chi connectivity index (χ0) is 18.6. The Bertz CT molecular complexity index is 835. The number of amides is 1. The van der Waals surface area contributed by atoms with Gasteiger partial charge >= 0.3 is 0 Å². The van der Waals surface area contributed by atoms with Crippen LogP contribution in [-0.4, -0.2) is 36.3 Å². The van der Waals surface area contributed by atoms with Crippen molar-refractivity contribution in [3.8, 4) is 0 Å². The lowest BCUT2D eigenvalue weighted by Gasteiger charge is -2.17. The first-order chi connectivity index (χ1) is 11.8. The maximum atomic E-state index is 12.6. The first kappa shape index (κ1) is 19.2. The number of benzene rings is 1. The monoisotopic (exact) mass is 363 g/mol. The van der Waals surface area contributed by atoms with Crippen LogP contribution in [0.15, 0.2) is 41.4 Å². The number of rotatable bonds is 7. The van der Waals surface area contributed by atoms with Crippen molar-refractivity contribution in [2.24, 2.45) is 7.05 Å². The van der Waals surface area contributed by atoms with Gasteiger partial charge in [-0.1, -0.05) is 43.7 Å². The van der Waals surface area contributed by atoms with Crippen LogP contribution in [0.4, 0.5) is 0 Å². The highest BCUT2D eigenvalue weighted by Crippen LogP contribution is 2.18. The third-order valence-corrected chi connectivity index (χ3v) is 6.14. The molecule has 25 heavy (non-hydrogen) atoms. The topological polar surface area (TPSA) is 71.4 Å². The molecule has 6 nitrogen and oxygen atoms in total. The summed E-state index contributed by atoms with van der Waals surface area (Å²) in [7, 11) is -1.91. The average Bonchev–Trinajstić information content (AvgIpc) is 2.97. The molecule has 0 aliphatic heterocycles. The van der Waals surface area contributed by atoms with Crippen molar-refractivity contribution in [2.45, 2.75) is 32.2 Å². The van der Waals surface area contributed by atoms with E-state index in [1.54, 1.807) is 25.5 Å². The van der Waals surface area contributed by atoms with Gasteiger partial charge < -0.3 is 9.88 Å². The summed E-state index contributed by atoms with van der Waals surface area (Å²) in [6.45, 7) is 6.76. The molecule has 0 radical (unpaired) electrons. The molecule has 0 saturated heterocycles. The molecule has 2 rings (SSSR count). The fourth-order valence-corrected chi connectivity index (χ4v) is 4.12. The highest BCUT2D eigenvalue weighted by atomic mass is 32.2. The minimum atomic E-state index is -3.58. The molecule has 0 bridgehead atoms. The van der Waals surface area contributed by atoms with Crippen molar-refractivity contribution in [3.05, 3.63) is 53.3 Å². The summed E-state index contributed by atoms with van der Waals surface area (Å²) in [6, 6.07) is 9.31. The molecule has 1 N–H and O–H groups in total. The van der Waals surface area contributed by atoms with E-state index in [-0.39, 0.29) is 10.8 Å². The largest absolute Gasteiger partial charge is 0.347 e. The van der Waals surface area contributed by atoms with Gasteiger partial charge in [0.1, 0.15) is 10.6 Å². The average molecular weight is 363 g/mol. The molecule has 2 aromatic rings. The third kappa shape index (κ3) is 4.29. The van der Waals surface area contributed by atoms with Crippen LogP contribution in [0.5, 0.6) is 0 Å². The second-order valence-electron chi connectivity index (χ2n) is 5.93. The van der Waals surface area contributed by atoms with Crippen molar-refractivity contribution in [1.82, 2.24) is 14.2 Å². The van der Waals surface area contributed by atoms with E-state index in [0.717, 1.165) is 11.1 Å². The Hall–Kier alpha value is -2.12. The van der Waals surface area contributed by atoms with Gasteiger partial charge in [0.05, 0.1) is 0 Å². The molecule has 0 fully saturated rings. The van der Waals surface area contributed by atoms with E-state index in [1.807, 2.05) is 31.2 Å². The molecular weight excluding hydrogens is 338 g/mol. The fourth-order valence-electron chi connectivity index (χ4n) is 2.59. The van der Waals surface area contributed by atoms with Crippen molar-refractivity contribution >= 4 is 15.9 Å². The van der Waals surface area contributed by atoms with Crippen molar-refractivity contribution in [2.75, 3.05) is 13.1 Å². The van der Waals surface area contributed by atoms with Crippen LogP contribution in [-0.2, 0) is 23.6 Å². The van der Waals surface area contributed by atoms with E-state index in [9.17, 15) is 13.2 Å². The minimum Gasteiger partial charge on any atom is -0.347 e. The lowest BCUT2D eigenvalue weighted by atomic mass is 10.1. The second kappa shape index (κ2) is 7.84. The van der Waals surface area contributed by atoms with Crippen LogP contribution in [0.3, 0.4) is 0 Å². The van der Waals surface area contributed by atoms with Gasteiger partial charge in [-0.2, -0.15) is 4.31 Å². The van der Waals surface area contributed by atoms with Crippen LogP contribution < -0.4 is 5.32 Å². The number of carbonyl (C=O) groups is 1.